The average molecular weight is 522 g/mol. The SMILES string of the molecule is CC(=NO)c1cc(-c2c3c(=O)n(C)c(=O)n(CC(C)C)c3nn2Cc2c[nH]c3ccc(Cl)cc23)n(C)c1. The van der Waals surface area contributed by atoms with Crippen molar-refractivity contribution in [1.82, 2.24) is 28.5 Å². The van der Waals surface area contributed by atoms with Crippen molar-refractivity contribution in [1.29, 1.82) is 0 Å². The minimum atomic E-state index is -0.418. The van der Waals surface area contributed by atoms with Crippen molar-refractivity contribution >= 4 is 39.2 Å². The topological polar surface area (TPSA) is 115 Å². The smallest absolute Gasteiger partial charge is 0.332 e. The summed E-state index contributed by atoms with van der Waals surface area (Å²) in [7, 11) is 3.34. The number of benzene rings is 1. The van der Waals surface area contributed by atoms with Crippen LogP contribution in [-0.2, 0) is 27.2 Å². The van der Waals surface area contributed by atoms with Crippen LogP contribution in [0.25, 0.3) is 33.3 Å². The van der Waals surface area contributed by atoms with E-state index in [9.17, 15) is 14.8 Å². The summed E-state index contributed by atoms with van der Waals surface area (Å²) >= 11 is 6.28. The third-order valence-electron chi connectivity index (χ3n) is 6.64. The molecular weight excluding hydrogens is 494 g/mol. The second-order valence-electron chi connectivity index (χ2n) is 9.77. The van der Waals surface area contributed by atoms with Crippen LogP contribution in [0.3, 0.4) is 0 Å². The molecule has 0 saturated heterocycles. The number of H-pyrrole nitrogens is 1. The standard InChI is InChI=1S/C26H28ClN7O3/c1-14(2)11-33-24-22(25(35)32(5)26(33)36)23(21-8-16(12-31(21)4)15(3)30-37)34(29-24)13-17-10-28-20-7-6-18(27)9-19(17)20/h6-10,12,14,28,37H,11,13H2,1-5H3. The van der Waals surface area contributed by atoms with Gasteiger partial charge in [-0.2, -0.15) is 5.10 Å². The number of aromatic nitrogens is 6. The van der Waals surface area contributed by atoms with Crippen molar-refractivity contribution in [3.8, 4) is 11.4 Å². The Hall–Kier alpha value is -4.05. The lowest BCUT2D eigenvalue weighted by Crippen LogP contribution is -2.38. The van der Waals surface area contributed by atoms with Gasteiger partial charge in [0.05, 0.1) is 18.0 Å². The molecular formula is C26H28ClN7O3. The number of halogens is 1. The number of nitrogens with zero attached hydrogens (tertiary/aromatic N) is 6. The summed E-state index contributed by atoms with van der Waals surface area (Å²) in [6.45, 7) is 6.46. The molecule has 4 aromatic heterocycles. The summed E-state index contributed by atoms with van der Waals surface area (Å²) in [5.74, 6) is 0.160. The summed E-state index contributed by atoms with van der Waals surface area (Å²) in [6.07, 6.45) is 3.73. The Bertz CT molecular complexity index is 1810. The number of oxime groups is 1. The Morgan fingerprint density at radius 1 is 1.22 bits per heavy atom. The van der Waals surface area contributed by atoms with E-state index in [0.717, 1.165) is 21.0 Å². The van der Waals surface area contributed by atoms with Gasteiger partial charge < -0.3 is 14.8 Å². The number of hydrogen-bond acceptors (Lipinski definition) is 5. The first-order valence-corrected chi connectivity index (χ1v) is 12.3. The van der Waals surface area contributed by atoms with Crippen molar-refractivity contribution in [3.63, 3.8) is 0 Å². The van der Waals surface area contributed by atoms with E-state index in [1.54, 1.807) is 16.2 Å². The zero-order chi connectivity index (χ0) is 26.6. The molecule has 0 bridgehead atoms. The highest BCUT2D eigenvalue weighted by atomic mass is 35.5. The van der Waals surface area contributed by atoms with Crippen LogP contribution in [0, 0.1) is 5.92 Å². The average Bonchev–Trinajstić information content (AvgIpc) is 3.55. The first-order chi connectivity index (χ1) is 17.6. The van der Waals surface area contributed by atoms with Gasteiger partial charge in [-0.1, -0.05) is 30.6 Å². The van der Waals surface area contributed by atoms with Crippen LogP contribution < -0.4 is 11.2 Å². The molecule has 0 saturated carbocycles. The van der Waals surface area contributed by atoms with Gasteiger partial charge in [0.1, 0.15) is 11.1 Å². The fourth-order valence-corrected chi connectivity index (χ4v) is 4.94. The maximum absolute atomic E-state index is 13.6. The molecule has 4 heterocycles. The molecule has 0 aliphatic carbocycles. The summed E-state index contributed by atoms with van der Waals surface area (Å²) in [5, 5.41) is 19.4. The molecule has 11 heteroatoms. The third-order valence-corrected chi connectivity index (χ3v) is 6.87. The van der Waals surface area contributed by atoms with Crippen LogP contribution in [0.15, 0.2) is 51.4 Å². The molecule has 0 spiro atoms. The first kappa shape index (κ1) is 24.6. The maximum Gasteiger partial charge on any atom is 0.332 e. The van der Waals surface area contributed by atoms with E-state index in [1.807, 2.05) is 62.1 Å². The van der Waals surface area contributed by atoms with Gasteiger partial charge in [0.2, 0.25) is 0 Å². The lowest BCUT2D eigenvalue weighted by atomic mass is 10.1. The Morgan fingerprint density at radius 3 is 2.68 bits per heavy atom. The summed E-state index contributed by atoms with van der Waals surface area (Å²) in [5.41, 5.74) is 3.79. The molecule has 10 nitrogen and oxygen atoms in total. The Morgan fingerprint density at radius 2 is 1.97 bits per heavy atom. The fraction of sp³-hybridized carbons (Fsp3) is 0.308. The van der Waals surface area contributed by atoms with E-state index in [4.69, 9.17) is 16.7 Å². The zero-order valence-corrected chi connectivity index (χ0v) is 22.0. The number of fused-ring (bicyclic) bond motifs is 2. The van der Waals surface area contributed by atoms with E-state index < -0.39 is 11.2 Å². The molecule has 5 aromatic rings. The van der Waals surface area contributed by atoms with E-state index >= 15 is 0 Å². The van der Waals surface area contributed by atoms with E-state index in [1.165, 1.54) is 7.05 Å². The quantitative estimate of drug-likeness (QED) is 0.200. The lowest BCUT2D eigenvalue weighted by Gasteiger charge is -2.11. The Kier molecular flexibility index (Phi) is 6.07. The number of nitrogens with one attached hydrogen (secondary N) is 1. The molecule has 2 N–H and O–H groups in total. The molecule has 192 valence electrons. The Balaban J connectivity index is 1.85. The normalized spacial score (nSPS) is 12.5. The van der Waals surface area contributed by atoms with Gasteiger partial charge in [-0.05, 0) is 42.7 Å². The van der Waals surface area contributed by atoms with Crippen molar-refractivity contribution in [2.45, 2.75) is 33.9 Å². The summed E-state index contributed by atoms with van der Waals surface area (Å²) in [4.78, 5) is 30.0. The second kappa shape index (κ2) is 9.11. The fourth-order valence-electron chi connectivity index (χ4n) is 4.76. The molecule has 5 rings (SSSR count). The number of hydrogen-bond donors (Lipinski definition) is 2. The lowest BCUT2D eigenvalue weighted by molar-refractivity contribution is 0.319. The maximum atomic E-state index is 13.6. The predicted molar refractivity (Wildman–Crippen MR) is 145 cm³/mol. The molecule has 0 unspecified atom stereocenters. The number of aryl methyl sites for hydroxylation is 1. The van der Waals surface area contributed by atoms with Crippen LogP contribution in [0.2, 0.25) is 5.02 Å². The van der Waals surface area contributed by atoms with Gasteiger partial charge in [0, 0.05) is 54.5 Å². The number of rotatable bonds is 6. The van der Waals surface area contributed by atoms with E-state index in [-0.39, 0.29) is 5.92 Å². The molecule has 0 fully saturated rings. The molecule has 1 aromatic carbocycles. The molecule has 0 radical (unpaired) electrons. The van der Waals surface area contributed by atoms with Gasteiger partial charge in [-0.15, -0.1) is 0 Å². The van der Waals surface area contributed by atoms with Gasteiger partial charge in [-0.3, -0.25) is 18.6 Å². The highest BCUT2D eigenvalue weighted by Gasteiger charge is 2.25. The zero-order valence-electron chi connectivity index (χ0n) is 21.3. The molecule has 0 aliphatic rings. The van der Waals surface area contributed by atoms with Crippen LogP contribution in [0.5, 0.6) is 0 Å². The van der Waals surface area contributed by atoms with Crippen LogP contribution in [0.4, 0.5) is 0 Å². The van der Waals surface area contributed by atoms with E-state index in [0.29, 0.717) is 51.8 Å². The third kappa shape index (κ3) is 4.07. The minimum Gasteiger partial charge on any atom is -0.411 e. The predicted octanol–water partition coefficient (Wildman–Crippen LogP) is 3.94. The first-order valence-electron chi connectivity index (χ1n) is 11.9. The van der Waals surface area contributed by atoms with Crippen molar-refractivity contribution in [3.05, 3.63) is 73.6 Å². The number of aromatic amines is 1. The second-order valence-corrected chi connectivity index (χ2v) is 10.2. The molecule has 0 atom stereocenters. The largest absolute Gasteiger partial charge is 0.411 e. The molecule has 0 aliphatic heterocycles. The summed E-state index contributed by atoms with van der Waals surface area (Å²) in [6, 6.07) is 7.48. The van der Waals surface area contributed by atoms with Gasteiger partial charge in [0.25, 0.3) is 5.56 Å². The van der Waals surface area contributed by atoms with Crippen LogP contribution in [0.1, 0.15) is 31.9 Å². The molecule has 37 heavy (non-hydrogen) atoms. The Labute approximate surface area is 217 Å². The molecule has 0 amide bonds. The highest BCUT2D eigenvalue weighted by molar-refractivity contribution is 6.31. The van der Waals surface area contributed by atoms with Crippen LogP contribution in [-0.4, -0.2) is 39.4 Å². The van der Waals surface area contributed by atoms with Crippen molar-refractivity contribution in [2.75, 3.05) is 0 Å². The minimum absolute atomic E-state index is 0.160. The monoisotopic (exact) mass is 521 g/mol. The summed E-state index contributed by atoms with van der Waals surface area (Å²) < 4.78 is 6.32. The van der Waals surface area contributed by atoms with Gasteiger partial charge in [0.15, 0.2) is 5.65 Å². The van der Waals surface area contributed by atoms with Gasteiger partial charge >= 0.3 is 5.69 Å². The van der Waals surface area contributed by atoms with Crippen molar-refractivity contribution in [2.24, 2.45) is 25.2 Å². The van der Waals surface area contributed by atoms with Gasteiger partial charge in [-0.25, -0.2) is 4.79 Å². The van der Waals surface area contributed by atoms with Crippen LogP contribution >= 0.6 is 11.6 Å². The van der Waals surface area contributed by atoms with E-state index in [2.05, 4.69) is 10.1 Å². The highest BCUT2D eigenvalue weighted by Crippen LogP contribution is 2.30. The van der Waals surface area contributed by atoms with Crippen molar-refractivity contribution < 1.29 is 5.21 Å².